The second-order valence-electron chi connectivity index (χ2n) is 5.84. The van der Waals surface area contributed by atoms with Crippen LogP contribution in [-0.2, 0) is 0 Å². The normalized spacial score (nSPS) is 10.5. The average Bonchev–Trinajstić information content (AvgIpc) is 2.59. The van der Waals surface area contributed by atoms with E-state index in [9.17, 15) is 14.9 Å². The molecule has 10 heteroatoms. The smallest absolute Gasteiger partial charge is 0.354 e. The number of nitrogens with one attached hydrogen (secondary N) is 3. The summed E-state index contributed by atoms with van der Waals surface area (Å²) in [7, 11) is 0. The minimum absolute atomic E-state index is 0.0835. The molecule has 0 bridgehead atoms. The fourth-order valence-corrected chi connectivity index (χ4v) is 2.30. The van der Waals surface area contributed by atoms with Gasteiger partial charge in [0.15, 0.2) is 0 Å². The Kier molecular flexibility index (Phi) is 6.67. The number of nitro groups is 1. The van der Waals surface area contributed by atoms with E-state index in [0.29, 0.717) is 12.5 Å². The lowest BCUT2D eigenvalue weighted by atomic mass is 10.1. The van der Waals surface area contributed by atoms with Gasteiger partial charge in [0.05, 0.1) is 15.5 Å². The van der Waals surface area contributed by atoms with Crippen molar-refractivity contribution >= 4 is 34.8 Å². The molecule has 0 fully saturated rings. The molecule has 1 aromatic heterocycles. The Balaban J connectivity index is 2.14. The van der Waals surface area contributed by atoms with Crippen LogP contribution in [0.3, 0.4) is 0 Å². The van der Waals surface area contributed by atoms with Crippen molar-refractivity contribution in [3.8, 4) is 0 Å². The summed E-state index contributed by atoms with van der Waals surface area (Å²) in [4.78, 5) is 30.7. The molecule has 9 nitrogen and oxygen atoms in total. The molecule has 0 spiro atoms. The van der Waals surface area contributed by atoms with Gasteiger partial charge in [0.25, 0.3) is 5.91 Å². The Morgan fingerprint density at radius 2 is 1.96 bits per heavy atom. The number of hydrogen-bond acceptors (Lipinski definition) is 7. The van der Waals surface area contributed by atoms with Gasteiger partial charge < -0.3 is 5.32 Å². The molecule has 1 heterocycles. The van der Waals surface area contributed by atoms with Gasteiger partial charge >= 0.3 is 5.69 Å². The maximum Gasteiger partial charge on any atom is 0.354 e. The largest absolute Gasteiger partial charge is 0.364 e. The highest BCUT2D eigenvalue weighted by Gasteiger charge is 2.23. The third-order valence-corrected chi connectivity index (χ3v) is 3.76. The molecule has 0 aliphatic heterocycles. The molecule has 0 aliphatic carbocycles. The van der Waals surface area contributed by atoms with Crippen LogP contribution in [0.1, 0.15) is 30.6 Å². The third kappa shape index (κ3) is 5.03. The maximum absolute atomic E-state index is 12.2. The summed E-state index contributed by atoms with van der Waals surface area (Å²) in [6.07, 6.45) is 2.00. The van der Waals surface area contributed by atoms with Crippen LogP contribution in [0.2, 0.25) is 5.02 Å². The number of anilines is 2. The second-order valence-corrected chi connectivity index (χ2v) is 6.25. The van der Waals surface area contributed by atoms with E-state index in [-0.39, 0.29) is 27.9 Å². The Morgan fingerprint density at radius 3 is 2.62 bits per heavy atom. The maximum atomic E-state index is 12.2. The van der Waals surface area contributed by atoms with Crippen molar-refractivity contribution in [3.05, 3.63) is 51.3 Å². The van der Waals surface area contributed by atoms with Crippen LogP contribution < -0.4 is 16.2 Å². The molecule has 26 heavy (non-hydrogen) atoms. The molecule has 0 saturated heterocycles. The number of amides is 1. The first kappa shape index (κ1) is 19.4. The second kappa shape index (κ2) is 8.95. The Hall–Kier alpha value is -2.94. The van der Waals surface area contributed by atoms with Crippen molar-refractivity contribution in [1.29, 1.82) is 0 Å². The van der Waals surface area contributed by atoms with Gasteiger partial charge in [-0.15, -0.1) is 0 Å². The standard InChI is InChI=1S/C16H19ClN6O3/c1-10(2)7-8-18-14-13(23(25)26)15(20-9-19-14)21-22-16(24)11-5-3-4-6-12(11)17/h3-6,9-10H,7-8H2,1-2H3,(H,22,24)(H2,18,19,20,21). The molecular weight excluding hydrogens is 360 g/mol. The summed E-state index contributed by atoms with van der Waals surface area (Å²) >= 11 is 5.96. The summed E-state index contributed by atoms with van der Waals surface area (Å²) in [5.41, 5.74) is 4.70. The number of hydrazine groups is 1. The summed E-state index contributed by atoms with van der Waals surface area (Å²) < 4.78 is 0. The quantitative estimate of drug-likeness (QED) is 0.476. The van der Waals surface area contributed by atoms with Gasteiger partial charge in [-0.3, -0.25) is 25.8 Å². The molecule has 1 amide bonds. The zero-order valence-electron chi connectivity index (χ0n) is 14.3. The Bertz CT molecular complexity index is 799. The van der Waals surface area contributed by atoms with Gasteiger partial charge in [-0.2, -0.15) is 0 Å². The van der Waals surface area contributed by atoms with Crippen LogP contribution in [-0.4, -0.2) is 27.3 Å². The van der Waals surface area contributed by atoms with Crippen molar-refractivity contribution < 1.29 is 9.72 Å². The molecule has 2 aromatic rings. The average molecular weight is 379 g/mol. The fraction of sp³-hybridized carbons (Fsp3) is 0.312. The molecule has 2 rings (SSSR count). The number of halogens is 1. The van der Waals surface area contributed by atoms with Gasteiger partial charge in [-0.25, -0.2) is 9.97 Å². The summed E-state index contributed by atoms with van der Waals surface area (Å²) in [5.74, 6) is -0.147. The van der Waals surface area contributed by atoms with Gasteiger partial charge in [0.2, 0.25) is 11.6 Å². The van der Waals surface area contributed by atoms with Crippen LogP contribution in [0.25, 0.3) is 0 Å². The number of aromatic nitrogens is 2. The lowest BCUT2D eigenvalue weighted by Crippen LogP contribution is -2.30. The van der Waals surface area contributed by atoms with Gasteiger partial charge in [0, 0.05) is 6.54 Å². The Labute approximate surface area is 155 Å². The summed E-state index contributed by atoms with van der Waals surface area (Å²) in [6, 6.07) is 6.45. The van der Waals surface area contributed by atoms with E-state index in [2.05, 4.69) is 26.1 Å². The van der Waals surface area contributed by atoms with Gasteiger partial charge in [-0.05, 0) is 24.5 Å². The molecule has 0 saturated carbocycles. The van der Waals surface area contributed by atoms with E-state index in [1.807, 2.05) is 13.8 Å². The first-order chi connectivity index (χ1) is 12.4. The SMILES string of the molecule is CC(C)CCNc1ncnc(NNC(=O)c2ccccc2Cl)c1[N+](=O)[O-]. The topological polar surface area (TPSA) is 122 Å². The zero-order valence-corrected chi connectivity index (χ0v) is 15.1. The number of carbonyl (C=O) groups excluding carboxylic acids is 1. The first-order valence-corrected chi connectivity index (χ1v) is 8.32. The number of rotatable bonds is 8. The number of nitrogens with zero attached hydrogens (tertiary/aromatic N) is 3. The number of hydrogen-bond donors (Lipinski definition) is 3. The molecule has 3 N–H and O–H groups in total. The van der Waals surface area contributed by atoms with E-state index in [1.165, 1.54) is 12.4 Å². The highest BCUT2D eigenvalue weighted by Crippen LogP contribution is 2.28. The van der Waals surface area contributed by atoms with E-state index in [4.69, 9.17) is 11.6 Å². The molecular formula is C16H19ClN6O3. The lowest BCUT2D eigenvalue weighted by molar-refractivity contribution is -0.383. The first-order valence-electron chi connectivity index (χ1n) is 7.94. The molecule has 138 valence electrons. The monoisotopic (exact) mass is 378 g/mol. The fourth-order valence-electron chi connectivity index (χ4n) is 2.08. The number of carbonyl (C=O) groups is 1. The molecule has 0 radical (unpaired) electrons. The molecule has 1 aromatic carbocycles. The summed E-state index contributed by atoms with van der Waals surface area (Å²) in [6.45, 7) is 4.63. The van der Waals surface area contributed by atoms with Crippen LogP contribution in [0.4, 0.5) is 17.3 Å². The van der Waals surface area contributed by atoms with Crippen molar-refractivity contribution in [2.24, 2.45) is 5.92 Å². The summed E-state index contributed by atoms with van der Waals surface area (Å²) in [5, 5.41) is 14.6. The molecule has 0 aliphatic rings. The van der Waals surface area contributed by atoms with E-state index in [0.717, 1.165) is 6.42 Å². The van der Waals surface area contributed by atoms with Crippen LogP contribution >= 0.6 is 11.6 Å². The number of benzene rings is 1. The van der Waals surface area contributed by atoms with E-state index in [1.54, 1.807) is 18.2 Å². The van der Waals surface area contributed by atoms with Crippen molar-refractivity contribution in [1.82, 2.24) is 15.4 Å². The van der Waals surface area contributed by atoms with E-state index >= 15 is 0 Å². The predicted octanol–water partition coefficient (Wildman–Crippen LogP) is 3.25. The third-order valence-electron chi connectivity index (χ3n) is 3.43. The van der Waals surface area contributed by atoms with Gasteiger partial charge in [-0.1, -0.05) is 37.6 Å². The Morgan fingerprint density at radius 1 is 1.27 bits per heavy atom. The minimum atomic E-state index is -0.609. The molecule has 0 unspecified atom stereocenters. The van der Waals surface area contributed by atoms with Gasteiger partial charge in [0.1, 0.15) is 6.33 Å². The van der Waals surface area contributed by atoms with Crippen LogP contribution in [0.15, 0.2) is 30.6 Å². The zero-order chi connectivity index (χ0) is 19.1. The van der Waals surface area contributed by atoms with Crippen LogP contribution in [0.5, 0.6) is 0 Å². The van der Waals surface area contributed by atoms with Crippen molar-refractivity contribution in [3.63, 3.8) is 0 Å². The van der Waals surface area contributed by atoms with E-state index < -0.39 is 10.8 Å². The minimum Gasteiger partial charge on any atom is -0.364 e. The van der Waals surface area contributed by atoms with Crippen molar-refractivity contribution in [2.45, 2.75) is 20.3 Å². The highest BCUT2D eigenvalue weighted by atomic mass is 35.5. The van der Waals surface area contributed by atoms with Crippen LogP contribution in [0, 0.1) is 16.0 Å². The predicted molar refractivity (Wildman–Crippen MR) is 99.2 cm³/mol. The lowest BCUT2D eigenvalue weighted by Gasteiger charge is -2.12. The highest BCUT2D eigenvalue weighted by molar-refractivity contribution is 6.33. The van der Waals surface area contributed by atoms with Crippen molar-refractivity contribution in [2.75, 3.05) is 17.3 Å². The molecule has 0 atom stereocenters.